The molecule has 2 aromatic rings. The van der Waals surface area contributed by atoms with Gasteiger partial charge in [-0.05, 0) is 55.3 Å². The second-order valence-corrected chi connectivity index (χ2v) is 10.3. The minimum absolute atomic E-state index is 0.190. The van der Waals surface area contributed by atoms with Crippen molar-refractivity contribution in [3.8, 4) is 5.75 Å². The first-order valence-electron chi connectivity index (χ1n) is 11.6. The summed E-state index contributed by atoms with van der Waals surface area (Å²) in [5.74, 6) is 0.317. The maximum atomic E-state index is 13.3. The molecular formula is C25H31N3O5S. The molecule has 4 rings (SSSR count). The molecule has 2 aliphatic rings. The number of carbonyl (C=O) groups excluding carboxylic acids is 1. The third-order valence-corrected chi connectivity index (χ3v) is 7.90. The van der Waals surface area contributed by atoms with Crippen molar-refractivity contribution in [2.75, 3.05) is 56.2 Å². The quantitative estimate of drug-likeness (QED) is 0.576. The first-order chi connectivity index (χ1) is 16.5. The van der Waals surface area contributed by atoms with Gasteiger partial charge in [-0.3, -0.25) is 4.79 Å². The van der Waals surface area contributed by atoms with Crippen LogP contribution in [0.2, 0.25) is 0 Å². The third kappa shape index (κ3) is 5.60. The SMILES string of the molecule is C=CCOc1ccc(C(=O)Nc2cc(S(=O)(=O)N3CCCCC3)ccc2N2CCOCC2)cc1. The molecule has 2 saturated heterocycles. The van der Waals surface area contributed by atoms with Gasteiger partial charge in [-0.2, -0.15) is 4.31 Å². The van der Waals surface area contributed by atoms with E-state index in [-0.39, 0.29) is 10.8 Å². The number of morpholine rings is 1. The number of amides is 1. The van der Waals surface area contributed by atoms with Gasteiger partial charge in [-0.1, -0.05) is 19.1 Å². The zero-order chi connectivity index (χ0) is 24.0. The van der Waals surface area contributed by atoms with Gasteiger partial charge in [0.05, 0.1) is 29.5 Å². The maximum Gasteiger partial charge on any atom is 0.255 e. The predicted octanol–water partition coefficient (Wildman–Crippen LogP) is 3.51. The average Bonchev–Trinajstić information content (AvgIpc) is 2.88. The summed E-state index contributed by atoms with van der Waals surface area (Å²) in [5.41, 5.74) is 1.69. The number of hydrogen-bond donors (Lipinski definition) is 1. The summed E-state index contributed by atoms with van der Waals surface area (Å²) in [6, 6.07) is 11.8. The molecule has 9 heteroatoms. The average molecular weight is 486 g/mol. The van der Waals surface area contributed by atoms with Crippen molar-refractivity contribution in [3.63, 3.8) is 0 Å². The lowest BCUT2D eigenvalue weighted by Crippen LogP contribution is -2.37. The van der Waals surface area contributed by atoms with Gasteiger partial charge >= 0.3 is 0 Å². The molecule has 1 N–H and O–H groups in total. The van der Waals surface area contributed by atoms with E-state index in [2.05, 4.69) is 16.8 Å². The van der Waals surface area contributed by atoms with E-state index in [1.807, 2.05) is 0 Å². The molecule has 0 unspecified atom stereocenters. The Hall–Kier alpha value is -2.88. The number of nitrogens with one attached hydrogen (secondary N) is 1. The molecule has 0 atom stereocenters. The van der Waals surface area contributed by atoms with Crippen LogP contribution in [0.1, 0.15) is 29.6 Å². The molecule has 0 aromatic heterocycles. The fourth-order valence-electron chi connectivity index (χ4n) is 4.16. The molecule has 0 saturated carbocycles. The number of rotatable bonds is 8. The minimum Gasteiger partial charge on any atom is -0.490 e. The van der Waals surface area contributed by atoms with Gasteiger partial charge in [0.2, 0.25) is 10.0 Å². The molecule has 2 heterocycles. The summed E-state index contributed by atoms with van der Waals surface area (Å²) >= 11 is 0. The van der Waals surface area contributed by atoms with Gasteiger partial charge < -0.3 is 19.7 Å². The Morgan fingerprint density at radius 2 is 1.74 bits per heavy atom. The molecular weight excluding hydrogens is 454 g/mol. The topological polar surface area (TPSA) is 88.2 Å². The normalized spacial score (nSPS) is 17.2. The Morgan fingerprint density at radius 1 is 1.03 bits per heavy atom. The third-order valence-electron chi connectivity index (χ3n) is 6.01. The standard InChI is InChI=1S/C25H31N3O5S/c1-2-16-33-21-8-6-20(7-9-21)25(29)26-23-19-22(34(30,31)28-12-4-3-5-13-28)10-11-24(23)27-14-17-32-18-15-27/h2,6-11,19H,1,3-5,12-18H2,(H,26,29). The predicted molar refractivity (Wildman–Crippen MR) is 132 cm³/mol. The summed E-state index contributed by atoms with van der Waals surface area (Å²) in [4.78, 5) is 15.4. The van der Waals surface area contributed by atoms with Crippen molar-refractivity contribution in [2.24, 2.45) is 0 Å². The van der Waals surface area contributed by atoms with E-state index < -0.39 is 10.0 Å². The molecule has 0 bridgehead atoms. The van der Waals surface area contributed by atoms with E-state index in [0.29, 0.717) is 63.0 Å². The molecule has 182 valence electrons. The van der Waals surface area contributed by atoms with Gasteiger partial charge in [0.25, 0.3) is 5.91 Å². The lowest BCUT2D eigenvalue weighted by atomic mass is 10.1. The molecule has 2 aliphatic heterocycles. The lowest BCUT2D eigenvalue weighted by Gasteiger charge is -2.31. The van der Waals surface area contributed by atoms with Gasteiger partial charge in [-0.25, -0.2) is 8.42 Å². The number of anilines is 2. The zero-order valence-corrected chi connectivity index (χ0v) is 20.1. The number of hydrogen-bond acceptors (Lipinski definition) is 6. The van der Waals surface area contributed by atoms with Crippen molar-refractivity contribution in [2.45, 2.75) is 24.2 Å². The molecule has 2 fully saturated rings. The summed E-state index contributed by atoms with van der Waals surface area (Å²) < 4.78 is 39.0. The monoisotopic (exact) mass is 485 g/mol. The number of sulfonamides is 1. The fraction of sp³-hybridized carbons (Fsp3) is 0.400. The Bertz CT molecular complexity index is 1110. The Labute approximate surface area is 201 Å². The van der Waals surface area contributed by atoms with Crippen LogP contribution in [-0.4, -0.2) is 64.6 Å². The highest BCUT2D eigenvalue weighted by molar-refractivity contribution is 7.89. The van der Waals surface area contributed by atoms with Crippen molar-refractivity contribution >= 4 is 27.3 Å². The first kappa shape index (κ1) is 24.3. The number of piperidine rings is 1. The van der Waals surface area contributed by atoms with Crippen LogP contribution in [0.15, 0.2) is 60.0 Å². The highest BCUT2D eigenvalue weighted by atomic mass is 32.2. The van der Waals surface area contributed by atoms with E-state index in [9.17, 15) is 13.2 Å². The minimum atomic E-state index is -3.63. The van der Waals surface area contributed by atoms with Crippen LogP contribution >= 0.6 is 0 Å². The van der Waals surface area contributed by atoms with E-state index in [0.717, 1.165) is 24.9 Å². The highest BCUT2D eigenvalue weighted by Crippen LogP contribution is 2.32. The number of nitrogens with zero attached hydrogens (tertiary/aromatic N) is 2. The van der Waals surface area contributed by atoms with Crippen LogP contribution in [0.3, 0.4) is 0 Å². The van der Waals surface area contributed by atoms with Crippen molar-refractivity contribution in [3.05, 3.63) is 60.7 Å². The zero-order valence-electron chi connectivity index (χ0n) is 19.2. The summed E-state index contributed by atoms with van der Waals surface area (Å²) in [5, 5.41) is 2.94. The molecule has 1 amide bonds. The van der Waals surface area contributed by atoms with E-state index in [1.54, 1.807) is 48.5 Å². The van der Waals surface area contributed by atoms with Gasteiger partial charge in [-0.15, -0.1) is 0 Å². The molecule has 0 spiro atoms. The second kappa shape index (κ2) is 11.0. The van der Waals surface area contributed by atoms with Crippen LogP contribution < -0.4 is 15.0 Å². The Kier molecular flexibility index (Phi) is 7.87. The number of ether oxygens (including phenoxy) is 2. The Morgan fingerprint density at radius 3 is 2.41 bits per heavy atom. The van der Waals surface area contributed by atoms with Gasteiger partial charge in [0, 0.05) is 31.7 Å². The van der Waals surface area contributed by atoms with Crippen molar-refractivity contribution in [1.29, 1.82) is 0 Å². The second-order valence-electron chi connectivity index (χ2n) is 8.32. The first-order valence-corrected chi connectivity index (χ1v) is 13.0. The van der Waals surface area contributed by atoms with Crippen molar-refractivity contribution in [1.82, 2.24) is 4.31 Å². The summed E-state index contributed by atoms with van der Waals surface area (Å²) in [7, 11) is -3.63. The molecule has 0 radical (unpaired) electrons. The molecule has 34 heavy (non-hydrogen) atoms. The van der Waals surface area contributed by atoms with Gasteiger partial charge in [0.1, 0.15) is 12.4 Å². The van der Waals surface area contributed by atoms with Gasteiger partial charge in [0.15, 0.2) is 0 Å². The molecule has 8 nitrogen and oxygen atoms in total. The van der Waals surface area contributed by atoms with Crippen LogP contribution in [0.4, 0.5) is 11.4 Å². The maximum absolute atomic E-state index is 13.3. The summed E-state index contributed by atoms with van der Waals surface area (Å²) in [6.45, 7) is 7.53. The van der Waals surface area contributed by atoms with Crippen LogP contribution in [0, 0.1) is 0 Å². The van der Waals surface area contributed by atoms with Crippen molar-refractivity contribution < 1.29 is 22.7 Å². The number of carbonyl (C=O) groups is 1. The number of benzene rings is 2. The van der Waals surface area contributed by atoms with Crippen LogP contribution in [0.25, 0.3) is 0 Å². The van der Waals surface area contributed by atoms with Crippen LogP contribution in [0.5, 0.6) is 5.75 Å². The molecule has 2 aromatic carbocycles. The summed E-state index contributed by atoms with van der Waals surface area (Å²) in [6.07, 6.45) is 4.42. The Balaban J connectivity index is 1.61. The largest absolute Gasteiger partial charge is 0.490 e. The van der Waals surface area contributed by atoms with E-state index >= 15 is 0 Å². The fourth-order valence-corrected chi connectivity index (χ4v) is 5.71. The van der Waals surface area contributed by atoms with Crippen LogP contribution in [-0.2, 0) is 14.8 Å². The lowest BCUT2D eigenvalue weighted by molar-refractivity contribution is 0.102. The van der Waals surface area contributed by atoms with E-state index in [4.69, 9.17) is 9.47 Å². The molecule has 0 aliphatic carbocycles. The highest BCUT2D eigenvalue weighted by Gasteiger charge is 2.27. The smallest absolute Gasteiger partial charge is 0.255 e. The van der Waals surface area contributed by atoms with E-state index in [1.165, 1.54) is 4.31 Å².